The summed E-state index contributed by atoms with van der Waals surface area (Å²) in [4.78, 5) is 32.7. The number of para-hydroxylation sites is 2. The van der Waals surface area contributed by atoms with Gasteiger partial charge in [-0.15, -0.1) is 0 Å². The standard InChI is InChI=1S/C18H16N4O3/c1-25-18(24)12-7-3-2-6-11(12)10-20-17(23)15-16(19)22-14-9-5-4-8-13(14)21-15/h2-9H,10H2,1H3,(H2,19,22)(H,20,23). The quantitative estimate of drug-likeness (QED) is 0.705. The molecule has 3 rings (SSSR count). The highest BCUT2D eigenvalue weighted by Gasteiger charge is 2.16. The van der Waals surface area contributed by atoms with Crippen LogP contribution in [-0.2, 0) is 11.3 Å². The minimum atomic E-state index is -0.463. The van der Waals surface area contributed by atoms with Crippen molar-refractivity contribution in [3.05, 3.63) is 65.4 Å². The third kappa shape index (κ3) is 3.40. The average molecular weight is 336 g/mol. The van der Waals surface area contributed by atoms with Crippen LogP contribution in [0.25, 0.3) is 11.0 Å². The van der Waals surface area contributed by atoms with E-state index in [2.05, 4.69) is 15.3 Å². The first kappa shape index (κ1) is 16.4. The van der Waals surface area contributed by atoms with E-state index in [0.717, 1.165) is 0 Å². The first-order valence-corrected chi connectivity index (χ1v) is 7.57. The molecule has 0 unspecified atom stereocenters. The topological polar surface area (TPSA) is 107 Å². The minimum Gasteiger partial charge on any atom is -0.465 e. The van der Waals surface area contributed by atoms with Crippen molar-refractivity contribution < 1.29 is 14.3 Å². The Morgan fingerprint density at radius 2 is 1.68 bits per heavy atom. The molecule has 1 amide bonds. The highest BCUT2D eigenvalue weighted by atomic mass is 16.5. The van der Waals surface area contributed by atoms with Crippen LogP contribution in [0.2, 0.25) is 0 Å². The zero-order chi connectivity index (χ0) is 17.8. The summed E-state index contributed by atoms with van der Waals surface area (Å²) in [5.41, 5.74) is 8.12. The Hall–Kier alpha value is -3.48. The third-order valence-electron chi connectivity index (χ3n) is 3.67. The van der Waals surface area contributed by atoms with Gasteiger partial charge in [-0.2, -0.15) is 0 Å². The third-order valence-corrected chi connectivity index (χ3v) is 3.67. The molecule has 7 heteroatoms. The first-order chi connectivity index (χ1) is 12.1. The monoisotopic (exact) mass is 336 g/mol. The van der Waals surface area contributed by atoms with E-state index in [4.69, 9.17) is 10.5 Å². The number of amides is 1. The number of benzene rings is 2. The van der Waals surface area contributed by atoms with Crippen LogP contribution in [0.15, 0.2) is 48.5 Å². The second-order valence-electron chi connectivity index (χ2n) is 5.28. The van der Waals surface area contributed by atoms with Crippen molar-refractivity contribution in [2.75, 3.05) is 12.8 Å². The lowest BCUT2D eigenvalue weighted by Gasteiger charge is -2.10. The van der Waals surface area contributed by atoms with Crippen molar-refractivity contribution in [3.63, 3.8) is 0 Å². The molecule has 0 spiro atoms. The number of hydrogen-bond acceptors (Lipinski definition) is 6. The SMILES string of the molecule is COC(=O)c1ccccc1CNC(=O)c1nc2ccccc2nc1N. The lowest BCUT2D eigenvalue weighted by Crippen LogP contribution is -2.26. The van der Waals surface area contributed by atoms with Gasteiger partial charge in [0.05, 0.1) is 23.7 Å². The van der Waals surface area contributed by atoms with E-state index in [1.165, 1.54) is 7.11 Å². The van der Waals surface area contributed by atoms with E-state index in [-0.39, 0.29) is 18.1 Å². The molecule has 0 saturated heterocycles. The molecule has 1 aromatic heterocycles. The maximum atomic E-state index is 12.4. The number of rotatable bonds is 4. The number of carbonyl (C=O) groups excluding carboxylic acids is 2. The van der Waals surface area contributed by atoms with Gasteiger partial charge < -0.3 is 15.8 Å². The number of ether oxygens (including phenoxy) is 1. The van der Waals surface area contributed by atoms with Crippen LogP contribution in [0.3, 0.4) is 0 Å². The largest absolute Gasteiger partial charge is 0.465 e. The maximum absolute atomic E-state index is 12.4. The fourth-order valence-corrected chi connectivity index (χ4v) is 2.42. The Morgan fingerprint density at radius 3 is 2.40 bits per heavy atom. The van der Waals surface area contributed by atoms with Gasteiger partial charge in [-0.3, -0.25) is 4.79 Å². The molecular weight excluding hydrogens is 320 g/mol. The molecule has 0 fully saturated rings. The summed E-state index contributed by atoms with van der Waals surface area (Å²) in [7, 11) is 1.31. The molecule has 3 aromatic rings. The van der Waals surface area contributed by atoms with Gasteiger partial charge in [0.15, 0.2) is 11.5 Å². The molecule has 0 aliphatic rings. The summed E-state index contributed by atoms with van der Waals surface area (Å²) >= 11 is 0. The number of anilines is 1. The smallest absolute Gasteiger partial charge is 0.338 e. The molecule has 25 heavy (non-hydrogen) atoms. The molecule has 0 atom stereocenters. The Kier molecular flexibility index (Phi) is 4.56. The van der Waals surface area contributed by atoms with Crippen molar-refractivity contribution in [2.24, 2.45) is 0 Å². The number of nitrogen functional groups attached to an aromatic ring is 1. The Labute approximate surface area is 143 Å². The molecule has 2 aromatic carbocycles. The summed E-state index contributed by atoms with van der Waals surface area (Å²) < 4.78 is 4.74. The second-order valence-corrected chi connectivity index (χ2v) is 5.28. The zero-order valence-corrected chi connectivity index (χ0v) is 13.5. The number of nitrogens with two attached hydrogens (primary N) is 1. The fourth-order valence-electron chi connectivity index (χ4n) is 2.42. The Bertz CT molecular complexity index is 956. The van der Waals surface area contributed by atoms with Gasteiger partial charge >= 0.3 is 5.97 Å². The second kappa shape index (κ2) is 6.96. The van der Waals surface area contributed by atoms with Crippen LogP contribution in [0.5, 0.6) is 0 Å². The summed E-state index contributed by atoms with van der Waals surface area (Å²) in [5, 5.41) is 2.71. The fraction of sp³-hybridized carbons (Fsp3) is 0.111. The molecule has 7 nitrogen and oxygen atoms in total. The molecular formula is C18H16N4O3. The van der Waals surface area contributed by atoms with E-state index in [1.54, 1.807) is 36.4 Å². The van der Waals surface area contributed by atoms with Crippen molar-refractivity contribution in [1.82, 2.24) is 15.3 Å². The summed E-state index contributed by atoms with van der Waals surface area (Å²) in [6.07, 6.45) is 0. The first-order valence-electron chi connectivity index (χ1n) is 7.57. The number of methoxy groups -OCH3 is 1. The molecule has 0 bridgehead atoms. The van der Waals surface area contributed by atoms with Crippen LogP contribution in [0.4, 0.5) is 5.82 Å². The molecule has 0 aliphatic carbocycles. The van der Waals surface area contributed by atoms with Crippen molar-refractivity contribution in [2.45, 2.75) is 6.54 Å². The Balaban J connectivity index is 1.82. The number of carbonyl (C=O) groups is 2. The summed E-state index contributed by atoms with van der Waals surface area (Å²) in [6.45, 7) is 0.137. The lowest BCUT2D eigenvalue weighted by molar-refractivity contribution is 0.0598. The molecule has 0 aliphatic heterocycles. The number of esters is 1. The van der Waals surface area contributed by atoms with Crippen molar-refractivity contribution >= 4 is 28.7 Å². The van der Waals surface area contributed by atoms with Gasteiger partial charge in [0.1, 0.15) is 0 Å². The number of aromatic nitrogens is 2. The number of nitrogens with zero attached hydrogens (tertiary/aromatic N) is 2. The van der Waals surface area contributed by atoms with Gasteiger partial charge in [-0.1, -0.05) is 30.3 Å². The summed E-state index contributed by atoms with van der Waals surface area (Å²) in [6, 6.07) is 14.0. The van der Waals surface area contributed by atoms with E-state index in [9.17, 15) is 9.59 Å². The van der Waals surface area contributed by atoms with Crippen LogP contribution in [0, 0.1) is 0 Å². The summed E-state index contributed by atoms with van der Waals surface area (Å²) in [5.74, 6) is -0.872. The predicted octanol–water partition coefficient (Wildman–Crippen LogP) is 1.93. The Morgan fingerprint density at radius 1 is 1.04 bits per heavy atom. The van der Waals surface area contributed by atoms with Crippen LogP contribution in [-0.4, -0.2) is 29.0 Å². The van der Waals surface area contributed by atoms with Crippen LogP contribution in [0.1, 0.15) is 26.4 Å². The van der Waals surface area contributed by atoms with Gasteiger partial charge in [0.25, 0.3) is 5.91 Å². The molecule has 3 N–H and O–H groups in total. The van der Waals surface area contributed by atoms with Crippen LogP contribution >= 0.6 is 0 Å². The molecule has 0 saturated carbocycles. The average Bonchev–Trinajstić information content (AvgIpc) is 2.65. The minimum absolute atomic E-state index is 0.0502. The number of hydrogen-bond donors (Lipinski definition) is 2. The molecule has 0 radical (unpaired) electrons. The highest BCUT2D eigenvalue weighted by Crippen LogP contribution is 2.15. The lowest BCUT2D eigenvalue weighted by atomic mass is 10.1. The molecule has 126 valence electrons. The van der Waals surface area contributed by atoms with Crippen molar-refractivity contribution in [3.8, 4) is 0 Å². The zero-order valence-electron chi connectivity index (χ0n) is 13.5. The van der Waals surface area contributed by atoms with Crippen molar-refractivity contribution in [1.29, 1.82) is 0 Å². The van der Waals surface area contributed by atoms with E-state index in [1.807, 2.05) is 12.1 Å². The van der Waals surface area contributed by atoms with E-state index >= 15 is 0 Å². The van der Waals surface area contributed by atoms with Gasteiger partial charge in [0.2, 0.25) is 0 Å². The van der Waals surface area contributed by atoms with E-state index in [0.29, 0.717) is 22.2 Å². The van der Waals surface area contributed by atoms with Gasteiger partial charge in [-0.05, 0) is 23.8 Å². The highest BCUT2D eigenvalue weighted by molar-refractivity contribution is 5.98. The van der Waals surface area contributed by atoms with Crippen LogP contribution < -0.4 is 11.1 Å². The van der Waals surface area contributed by atoms with Gasteiger partial charge in [-0.25, -0.2) is 14.8 Å². The maximum Gasteiger partial charge on any atom is 0.338 e. The molecule has 1 heterocycles. The van der Waals surface area contributed by atoms with Gasteiger partial charge in [0, 0.05) is 6.54 Å². The predicted molar refractivity (Wildman–Crippen MR) is 92.9 cm³/mol. The normalized spacial score (nSPS) is 10.4. The van der Waals surface area contributed by atoms with E-state index < -0.39 is 11.9 Å². The number of nitrogens with one attached hydrogen (secondary N) is 1. The number of fused-ring (bicyclic) bond motifs is 1.